The van der Waals surface area contributed by atoms with Crippen LogP contribution >= 0.6 is 0 Å². The largest absolute Gasteiger partial charge is 0.403 e. The first-order valence-electron chi connectivity index (χ1n) is 3.59. The first kappa shape index (κ1) is 9.26. The summed E-state index contributed by atoms with van der Waals surface area (Å²) in [7, 11) is 3.03. The zero-order chi connectivity index (χ0) is 9.35. The van der Waals surface area contributed by atoms with Crippen molar-refractivity contribution < 1.29 is 13.9 Å². The maximum atomic E-state index is 12.6. The van der Waals surface area contributed by atoms with E-state index in [-0.39, 0.29) is 0 Å². The Hall–Kier alpha value is -0.830. The van der Waals surface area contributed by atoms with Gasteiger partial charge >= 0.3 is 0 Å². The van der Waals surface area contributed by atoms with Crippen LogP contribution in [0.3, 0.4) is 0 Å². The van der Waals surface area contributed by atoms with Crippen LogP contribution in [0.1, 0.15) is 5.56 Å². The first-order valence-corrected chi connectivity index (χ1v) is 3.59. The van der Waals surface area contributed by atoms with Crippen molar-refractivity contribution in [2.75, 3.05) is 0 Å². The minimum absolute atomic E-state index is 0.362. The lowest BCUT2D eigenvalue weighted by atomic mass is 9.61. The first-order chi connectivity index (χ1) is 5.41. The van der Waals surface area contributed by atoms with Gasteiger partial charge in [-0.15, -0.1) is 0 Å². The molecule has 0 heterocycles. The zero-order valence-electron chi connectivity index (χ0n) is 6.94. The molecule has 0 saturated heterocycles. The summed E-state index contributed by atoms with van der Waals surface area (Å²) in [6.45, 7) is 0. The summed E-state index contributed by atoms with van der Waals surface area (Å²) >= 11 is 0. The highest BCUT2D eigenvalue weighted by atomic mass is 19.2. The molecule has 1 rings (SSSR count). The average Bonchev–Trinajstić information content (AvgIpc) is 1.92. The summed E-state index contributed by atoms with van der Waals surface area (Å²) < 4.78 is 25.1. The molecule has 0 aromatic heterocycles. The van der Waals surface area contributed by atoms with Gasteiger partial charge in [0.1, 0.15) is 15.7 Å². The van der Waals surface area contributed by atoms with Crippen LogP contribution in [0, 0.1) is 11.6 Å². The summed E-state index contributed by atoms with van der Waals surface area (Å²) in [5.74, 6) is -1.84. The van der Waals surface area contributed by atoms with Gasteiger partial charge in [-0.3, -0.25) is 0 Å². The standard InChI is InChI=1S/C7H8B2F2O/c8-7(9,12)4-1-2-5(10)6(11)3-4/h1-3,12H,8-9H2. The Labute approximate surface area is 71.2 Å². The molecule has 0 aliphatic rings. The lowest BCUT2D eigenvalue weighted by Gasteiger charge is -2.17. The fourth-order valence-electron chi connectivity index (χ4n) is 0.877. The summed E-state index contributed by atoms with van der Waals surface area (Å²) in [4.78, 5) is 0. The monoisotopic (exact) mass is 168 g/mol. The molecule has 12 heavy (non-hydrogen) atoms. The van der Waals surface area contributed by atoms with Gasteiger partial charge in [0.2, 0.25) is 0 Å². The predicted molar refractivity (Wildman–Crippen MR) is 47.3 cm³/mol. The van der Waals surface area contributed by atoms with Crippen molar-refractivity contribution in [3.05, 3.63) is 35.4 Å². The molecule has 0 amide bonds. The maximum absolute atomic E-state index is 12.6. The molecule has 1 aromatic carbocycles. The van der Waals surface area contributed by atoms with Crippen molar-refractivity contribution in [1.29, 1.82) is 0 Å². The third kappa shape index (κ3) is 1.85. The van der Waals surface area contributed by atoms with E-state index in [2.05, 4.69) is 0 Å². The minimum Gasteiger partial charge on any atom is -0.403 e. The number of halogens is 2. The van der Waals surface area contributed by atoms with Gasteiger partial charge in [0.15, 0.2) is 11.6 Å². The Kier molecular flexibility index (Phi) is 2.24. The number of benzene rings is 1. The van der Waals surface area contributed by atoms with Crippen molar-refractivity contribution in [1.82, 2.24) is 0 Å². The Morgan fingerprint density at radius 1 is 1.17 bits per heavy atom. The van der Waals surface area contributed by atoms with Gasteiger partial charge in [0.05, 0.1) is 0 Å². The number of aliphatic hydroxyl groups is 1. The van der Waals surface area contributed by atoms with Crippen LogP contribution in [-0.4, -0.2) is 20.8 Å². The van der Waals surface area contributed by atoms with Gasteiger partial charge in [-0.1, -0.05) is 6.07 Å². The predicted octanol–water partition coefficient (Wildman–Crippen LogP) is -0.666. The smallest absolute Gasteiger partial charge is 0.159 e. The van der Waals surface area contributed by atoms with Crippen LogP contribution in [0.25, 0.3) is 0 Å². The fraction of sp³-hybridized carbons (Fsp3) is 0.143. The van der Waals surface area contributed by atoms with E-state index < -0.39 is 17.0 Å². The molecule has 0 radical (unpaired) electrons. The van der Waals surface area contributed by atoms with E-state index in [1.807, 2.05) is 0 Å². The zero-order valence-corrected chi connectivity index (χ0v) is 6.94. The van der Waals surface area contributed by atoms with E-state index in [4.69, 9.17) is 0 Å². The van der Waals surface area contributed by atoms with E-state index in [1.54, 1.807) is 0 Å². The van der Waals surface area contributed by atoms with Gasteiger partial charge in [0, 0.05) is 5.40 Å². The van der Waals surface area contributed by atoms with E-state index in [0.29, 0.717) is 5.56 Å². The van der Waals surface area contributed by atoms with Crippen LogP contribution in [0.4, 0.5) is 8.78 Å². The van der Waals surface area contributed by atoms with Gasteiger partial charge in [-0.2, -0.15) is 0 Å². The molecule has 0 fully saturated rings. The van der Waals surface area contributed by atoms with Crippen LogP contribution in [0.2, 0.25) is 0 Å². The number of hydrogen-bond acceptors (Lipinski definition) is 1. The summed E-state index contributed by atoms with van der Waals surface area (Å²) in [6.07, 6.45) is 0. The molecular formula is C7H8B2F2O. The van der Waals surface area contributed by atoms with E-state index >= 15 is 0 Å². The normalized spacial score (nSPS) is 11.6. The topological polar surface area (TPSA) is 20.2 Å². The van der Waals surface area contributed by atoms with Crippen LogP contribution in [0.15, 0.2) is 18.2 Å². The summed E-state index contributed by atoms with van der Waals surface area (Å²) in [6, 6.07) is 3.36. The third-order valence-electron chi connectivity index (χ3n) is 1.63. The third-order valence-corrected chi connectivity index (χ3v) is 1.63. The average molecular weight is 168 g/mol. The fourth-order valence-corrected chi connectivity index (χ4v) is 0.877. The molecule has 0 bridgehead atoms. The van der Waals surface area contributed by atoms with Gasteiger partial charge in [-0.05, 0) is 17.7 Å². The molecule has 0 atom stereocenters. The molecule has 1 N–H and O–H groups in total. The van der Waals surface area contributed by atoms with Crippen molar-refractivity contribution >= 4 is 15.7 Å². The molecule has 0 unspecified atom stereocenters. The highest BCUT2D eigenvalue weighted by Crippen LogP contribution is 2.16. The van der Waals surface area contributed by atoms with E-state index in [9.17, 15) is 13.9 Å². The quantitative estimate of drug-likeness (QED) is 0.551. The lowest BCUT2D eigenvalue weighted by molar-refractivity contribution is 0.216. The second kappa shape index (κ2) is 2.90. The lowest BCUT2D eigenvalue weighted by Crippen LogP contribution is -2.26. The molecule has 1 nitrogen and oxygen atoms in total. The van der Waals surface area contributed by atoms with Crippen molar-refractivity contribution in [2.24, 2.45) is 0 Å². The van der Waals surface area contributed by atoms with E-state index in [1.165, 1.54) is 21.8 Å². The summed E-state index contributed by atoms with van der Waals surface area (Å²) in [5.41, 5.74) is 0.362. The van der Waals surface area contributed by atoms with Crippen molar-refractivity contribution in [2.45, 2.75) is 5.40 Å². The van der Waals surface area contributed by atoms with Crippen molar-refractivity contribution in [3.8, 4) is 0 Å². The molecule has 0 aliphatic carbocycles. The van der Waals surface area contributed by atoms with Crippen LogP contribution < -0.4 is 0 Å². The molecule has 62 valence electrons. The van der Waals surface area contributed by atoms with Crippen molar-refractivity contribution in [3.63, 3.8) is 0 Å². The van der Waals surface area contributed by atoms with Gasteiger partial charge in [0.25, 0.3) is 0 Å². The van der Waals surface area contributed by atoms with E-state index in [0.717, 1.165) is 12.1 Å². The second-order valence-corrected chi connectivity index (χ2v) is 3.19. The van der Waals surface area contributed by atoms with Gasteiger partial charge < -0.3 is 5.11 Å². The molecule has 5 heteroatoms. The van der Waals surface area contributed by atoms with Gasteiger partial charge in [-0.25, -0.2) is 8.78 Å². The highest BCUT2D eigenvalue weighted by Gasteiger charge is 2.17. The number of hydrogen-bond donors (Lipinski definition) is 1. The number of rotatable bonds is 1. The molecule has 0 saturated carbocycles. The Bertz CT molecular complexity index is 296. The SMILES string of the molecule is BC(B)(O)c1ccc(F)c(F)c1. The highest BCUT2D eigenvalue weighted by molar-refractivity contribution is 6.38. The molecule has 1 aromatic rings. The van der Waals surface area contributed by atoms with Crippen LogP contribution in [0.5, 0.6) is 0 Å². The Balaban J connectivity index is 3.14. The maximum Gasteiger partial charge on any atom is 0.159 e. The summed E-state index contributed by atoms with van der Waals surface area (Å²) in [5, 5.41) is 8.28. The molecular weight excluding hydrogens is 160 g/mol. The van der Waals surface area contributed by atoms with Crippen LogP contribution in [-0.2, 0) is 5.40 Å². The minimum atomic E-state index is -1.13. The second-order valence-electron chi connectivity index (χ2n) is 3.19. The molecule has 0 aliphatic heterocycles. The molecule has 0 spiro atoms. The Morgan fingerprint density at radius 3 is 2.17 bits per heavy atom. The Morgan fingerprint density at radius 2 is 1.75 bits per heavy atom.